The minimum Gasteiger partial charge on any atom is -0.328 e. The van der Waals surface area contributed by atoms with Crippen LogP contribution in [0.4, 0.5) is 0 Å². The first-order valence-corrected chi connectivity index (χ1v) is 7.72. The summed E-state index contributed by atoms with van der Waals surface area (Å²) in [6.07, 6.45) is 5.96. The summed E-state index contributed by atoms with van der Waals surface area (Å²) in [4.78, 5) is 14.5. The van der Waals surface area contributed by atoms with Gasteiger partial charge in [-0.2, -0.15) is 0 Å². The second-order valence-electron chi connectivity index (χ2n) is 6.66. The highest BCUT2D eigenvalue weighted by Crippen LogP contribution is 2.38. The van der Waals surface area contributed by atoms with Crippen molar-refractivity contribution in [3.05, 3.63) is 35.9 Å². The zero-order chi connectivity index (χ0) is 14.0. The summed E-state index contributed by atoms with van der Waals surface area (Å²) in [6.45, 7) is 3.97. The van der Waals surface area contributed by atoms with Crippen LogP contribution in [0, 0.1) is 5.41 Å². The number of nitrogens with zero attached hydrogens (tertiary/aromatic N) is 1. The maximum Gasteiger partial charge on any atom is 0.241 e. The van der Waals surface area contributed by atoms with Crippen LogP contribution in [0.5, 0.6) is 0 Å². The van der Waals surface area contributed by atoms with Crippen LogP contribution < -0.4 is 5.32 Å². The Morgan fingerprint density at radius 1 is 1.25 bits per heavy atom. The van der Waals surface area contributed by atoms with Gasteiger partial charge >= 0.3 is 0 Å². The van der Waals surface area contributed by atoms with Crippen molar-refractivity contribution in [1.29, 1.82) is 0 Å². The van der Waals surface area contributed by atoms with Crippen molar-refractivity contribution < 1.29 is 4.79 Å². The topological polar surface area (TPSA) is 32.3 Å². The summed E-state index contributed by atoms with van der Waals surface area (Å²) < 4.78 is 0. The Morgan fingerprint density at radius 3 is 2.65 bits per heavy atom. The van der Waals surface area contributed by atoms with E-state index in [1.54, 1.807) is 0 Å². The van der Waals surface area contributed by atoms with Crippen molar-refractivity contribution in [3.63, 3.8) is 0 Å². The van der Waals surface area contributed by atoms with Gasteiger partial charge in [-0.05, 0) is 30.2 Å². The van der Waals surface area contributed by atoms with Gasteiger partial charge < -0.3 is 4.90 Å². The molecule has 3 heteroatoms. The number of nitrogens with one attached hydrogen (secondary N) is 1. The van der Waals surface area contributed by atoms with Gasteiger partial charge in [0.2, 0.25) is 5.91 Å². The lowest BCUT2D eigenvalue weighted by Gasteiger charge is -2.29. The van der Waals surface area contributed by atoms with Crippen LogP contribution in [0.3, 0.4) is 0 Å². The lowest BCUT2D eigenvalue weighted by atomic mass is 9.88. The van der Waals surface area contributed by atoms with Gasteiger partial charge in [-0.1, -0.05) is 50.1 Å². The van der Waals surface area contributed by atoms with Crippen molar-refractivity contribution in [3.8, 4) is 0 Å². The predicted octanol–water partition coefficient (Wildman–Crippen LogP) is 2.57. The van der Waals surface area contributed by atoms with E-state index in [4.69, 9.17) is 0 Å². The molecule has 2 aliphatic rings. The molecule has 1 aliphatic heterocycles. The van der Waals surface area contributed by atoms with Crippen LogP contribution in [0.25, 0.3) is 0 Å². The van der Waals surface area contributed by atoms with Gasteiger partial charge in [0.15, 0.2) is 0 Å². The van der Waals surface area contributed by atoms with Gasteiger partial charge in [0.05, 0.1) is 12.7 Å². The van der Waals surface area contributed by atoms with Crippen molar-refractivity contribution in [2.24, 2.45) is 5.41 Å². The second kappa shape index (κ2) is 5.57. The fourth-order valence-electron chi connectivity index (χ4n) is 3.60. The first-order chi connectivity index (χ1) is 9.66. The van der Waals surface area contributed by atoms with Gasteiger partial charge in [-0.3, -0.25) is 10.1 Å². The smallest absolute Gasteiger partial charge is 0.241 e. The molecule has 1 atom stereocenters. The molecule has 0 radical (unpaired) electrons. The Morgan fingerprint density at radius 2 is 1.95 bits per heavy atom. The fourth-order valence-corrected chi connectivity index (χ4v) is 3.60. The van der Waals surface area contributed by atoms with Crippen LogP contribution in [0.15, 0.2) is 30.3 Å². The maximum absolute atomic E-state index is 12.5. The molecule has 1 aliphatic carbocycles. The Bertz CT molecular complexity index is 465. The molecule has 2 fully saturated rings. The predicted molar refractivity (Wildman–Crippen MR) is 80.2 cm³/mol. The monoisotopic (exact) mass is 272 g/mol. The summed E-state index contributed by atoms with van der Waals surface area (Å²) in [5.74, 6) is 0.280. The Balaban J connectivity index is 1.59. The molecular formula is C17H24N2O. The zero-order valence-electron chi connectivity index (χ0n) is 12.3. The minimum atomic E-state index is -0.0394. The third-order valence-corrected chi connectivity index (χ3v) is 4.80. The average molecular weight is 272 g/mol. The van der Waals surface area contributed by atoms with E-state index in [-0.39, 0.29) is 11.9 Å². The lowest BCUT2D eigenvalue weighted by Crippen LogP contribution is -2.38. The number of hydrogen-bond acceptors (Lipinski definition) is 2. The fraction of sp³-hybridized carbons (Fsp3) is 0.588. The van der Waals surface area contributed by atoms with E-state index in [0.717, 1.165) is 13.0 Å². The summed E-state index contributed by atoms with van der Waals surface area (Å²) in [5, 5.41) is 3.37. The van der Waals surface area contributed by atoms with E-state index >= 15 is 0 Å². The number of hydrogen-bond donors (Lipinski definition) is 1. The van der Waals surface area contributed by atoms with E-state index < -0.39 is 0 Å². The molecule has 1 saturated heterocycles. The molecule has 3 nitrogen and oxygen atoms in total. The van der Waals surface area contributed by atoms with Crippen molar-refractivity contribution >= 4 is 5.91 Å². The summed E-state index contributed by atoms with van der Waals surface area (Å²) in [6, 6.07) is 10.2. The van der Waals surface area contributed by atoms with Crippen LogP contribution >= 0.6 is 0 Å². The van der Waals surface area contributed by atoms with Gasteiger partial charge in [0, 0.05) is 6.54 Å². The third-order valence-electron chi connectivity index (χ3n) is 4.80. The molecule has 20 heavy (non-hydrogen) atoms. The van der Waals surface area contributed by atoms with E-state index in [0.29, 0.717) is 12.1 Å². The quantitative estimate of drug-likeness (QED) is 0.913. The van der Waals surface area contributed by atoms with Crippen LogP contribution in [0.1, 0.15) is 38.2 Å². The Labute approximate surface area is 121 Å². The molecule has 1 unspecified atom stereocenters. The second-order valence-corrected chi connectivity index (χ2v) is 6.66. The molecule has 1 heterocycles. The standard InChI is InChI=1S/C17H24N2O/c1-17(9-5-6-10-17)12-19-13-18-15(16(19)20)11-14-7-3-2-4-8-14/h2-4,7-8,15,18H,5-6,9-13H2,1H3. The summed E-state index contributed by atoms with van der Waals surface area (Å²) in [5.41, 5.74) is 1.58. The molecule has 1 aromatic carbocycles. The van der Waals surface area contributed by atoms with Crippen molar-refractivity contribution in [2.45, 2.75) is 45.1 Å². The highest BCUT2D eigenvalue weighted by atomic mass is 16.2. The van der Waals surface area contributed by atoms with Gasteiger partial charge in [-0.15, -0.1) is 0 Å². The van der Waals surface area contributed by atoms with E-state index in [2.05, 4.69) is 24.4 Å². The SMILES string of the molecule is CC1(CN2CNC(Cc3ccccc3)C2=O)CCCC1. The molecule has 1 aromatic rings. The van der Waals surface area contributed by atoms with Gasteiger partial charge in [0.25, 0.3) is 0 Å². The molecule has 1 amide bonds. The molecular weight excluding hydrogens is 248 g/mol. The lowest BCUT2D eigenvalue weighted by molar-refractivity contribution is -0.130. The van der Waals surface area contributed by atoms with Crippen LogP contribution in [-0.2, 0) is 11.2 Å². The third kappa shape index (κ3) is 2.88. The summed E-state index contributed by atoms with van der Waals surface area (Å²) in [7, 11) is 0. The van der Waals surface area contributed by atoms with Crippen LogP contribution in [0.2, 0.25) is 0 Å². The first kappa shape index (κ1) is 13.6. The molecule has 0 bridgehead atoms. The molecule has 1 saturated carbocycles. The van der Waals surface area contributed by atoms with Crippen LogP contribution in [-0.4, -0.2) is 30.1 Å². The van der Waals surface area contributed by atoms with Gasteiger partial charge in [0.1, 0.15) is 0 Å². The van der Waals surface area contributed by atoms with Crippen molar-refractivity contribution in [1.82, 2.24) is 10.2 Å². The Kier molecular flexibility index (Phi) is 3.79. The minimum absolute atomic E-state index is 0.0394. The maximum atomic E-state index is 12.5. The number of carbonyl (C=O) groups is 1. The zero-order valence-corrected chi connectivity index (χ0v) is 12.3. The molecule has 3 rings (SSSR count). The summed E-state index contributed by atoms with van der Waals surface area (Å²) >= 11 is 0. The molecule has 108 valence electrons. The number of rotatable bonds is 4. The highest BCUT2D eigenvalue weighted by molar-refractivity contribution is 5.84. The average Bonchev–Trinajstić information content (AvgIpc) is 3.01. The number of benzene rings is 1. The van der Waals surface area contributed by atoms with E-state index in [1.807, 2.05) is 23.1 Å². The first-order valence-electron chi connectivity index (χ1n) is 7.72. The Hall–Kier alpha value is -1.35. The molecule has 0 aromatic heterocycles. The van der Waals surface area contributed by atoms with E-state index in [1.165, 1.54) is 31.2 Å². The normalized spacial score (nSPS) is 25.4. The van der Waals surface area contributed by atoms with E-state index in [9.17, 15) is 4.79 Å². The van der Waals surface area contributed by atoms with Crippen molar-refractivity contribution in [2.75, 3.05) is 13.2 Å². The largest absolute Gasteiger partial charge is 0.328 e. The number of carbonyl (C=O) groups excluding carboxylic acids is 1. The number of amides is 1. The highest BCUT2D eigenvalue weighted by Gasteiger charge is 2.37. The van der Waals surface area contributed by atoms with Gasteiger partial charge in [-0.25, -0.2) is 0 Å². The molecule has 1 N–H and O–H groups in total. The molecule has 0 spiro atoms.